The van der Waals surface area contributed by atoms with Crippen LogP contribution in [0, 0.1) is 0 Å². The molecule has 17 heteroatoms. The topological polar surface area (TPSA) is 157 Å². The number of aromatic nitrogens is 6. The summed E-state index contributed by atoms with van der Waals surface area (Å²) in [6.07, 6.45) is -1.98. The molecule has 4 aromatic heterocycles. The van der Waals surface area contributed by atoms with Crippen molar-refractivity contribution in [1.29, 1.82) is 0 Å². The van der Waals surface area contributed by atoms with Gasteiger partial charge < -0.3 is 24.6 Å². The summed E-state index contributed by atoms with van der Waals surface area (Å²) in [5, 5.41) is 16.9. The number of alkyl halides is 3. The molecule has 0 unspecified atom stereocenters. The first-order chi connectivity index (χ1) is 23.4. The number of aromatic hydroxyl groups is 1. The summed E-state index contributed by atoms with van der Waals surface area (Å²) < 4.78 is 48.6. The van der Waals surface area contributed by atoms with Crippen molar-refractivity contribution in [3.8, 4) is 17.3 Å². The van der Waals surface area contributed by atoms with Crippen molar-refractivity contribution in [3.05, 3.63) is 98.8 Å². The van der Waals surface area contributed by atoms with E-state index in [4.69, 9.17) is 16.3 Å². The molecule has 1 spiro atoms. The number of nitrogens with one attached hydrogen (secondary N) is 1. The van der Waals surface area contributed by atoms with E-state index in [0.717, 1.165) is 22.7 Å². The van der Waals surface area contributed by atoms with Crippen molar-refractivity contribution in [2.24, 2.45) is 0 Å². The molecule has 1 saturated heterocycles. The molecule has 7 rings (SSSR count). The second-order valence-corrected chi connectivity index (χ2v) is 12.1. The number of amides is 2. The van der Waals surface area contributed by atoms with Crippen molar-refractivity contribution in [2.45, 2.75) is 44.2 Å². The van der Waals surface area contributed by atoms with Gasteiger partial charge in [0.25, 0.3) is 11.5 Å². The number of rotatable bonds is 5. The van der Waals surface area contributed by atoms with Gasteiger partial charge in [-0.1, -0.05) is 17.7 Å². The second kappa shape index (κ2) is 12.0. The molecular weight excluding hydrogens is 669 g/mol. The van der Waals surface area contributed by atoms with Crippen LogP contribution in [0.4, 0.5) is 18.9 Å². The number of carbonyl (C=O) groups excluding carboxylic acids is 2. The van der Waals surface area contributed by atoms with E-state index in [1.54, 1.807) is 31.3 Å². The summed E-state index contributed by atoms with van der Waals surface area (Å²) in [5.74, 6) is -1.24. The average Bonchev–Trinajstić information content (AvgIpc) is 3.64. The third-order valence-electron chi connectivity index (χ3n) is 8.64. The predicted octanol–water partition coefficient (Wildman–Crippen LogP) is 4.59. The highest BCUT2D eigenvalue weighted by atomic mass is 35.5. The maximum Gasteiger partial charge on any atom is 0.416 e. The SMILES string of the molecule is C[C@H]1OC2(CCN(C(=O)c3ncccc3O)CC2)c2c1n(CC(=O)Nc1ccc(C(F)(F)F)cc1Cl)c1nc(-c3ccccn3)nn1c2=O. The minimum atomic E-state index is -4.62. The van der Waals surface area contributed by atoms with Crippen molar-refractivity contribution in [2.75, 3.05) is 18.4 Å². The van der Waals surface area contributed by atoms with Crippen LogP contribution in [-0.4, -0.2) is 64.0 Å². The highest BCUT2D eigenvalue weighted by molar-refractivity contribution is 6.33. The molecule has 1 aromatic carbocycles. The highest BCUT2D eigenvalue weighted by Gasteiger charge is 2.50. The Labute approximate surface area is 280 Å². The molecule has 1 fully saturated rings. The zero-order valence-corrected chi connectivity index (χ0v) is 26.4. The van der Waals surface area contributed by atoms with Gasteiger partial charge in [-0.3, -0.25) is 19.4 Å². The Morgan fingerprint density at radius 3 is 2.53 bits per heavy atom. The van der Waals surface area contributed by atoms with Gasteiger partial charge in [-0.15, -0.1) is 5.10 Å². The molecular formula is C32H26ClF3N8O5. The van der Waals surface area contributed by atoms with E-state index in [-0.39, 0.29) is 65.3 Å². The maximum atomic E-state index is 14.3. The van der Waals surface area contributed by atoms with E-state index in [9.17, 15) is 32.7 Å². The van der Waals surface area contributed by atoms with E-state index in [2.05, 4.69) is 25.4 Å². The van der Waals surface area contributed by atoms with Crippen LogP contribution in [0.5, 0.6) is 5.75 Å². The Hall–Kier alpha value is -5.35. The highest BCUT2D eigenvalue weighted by Crippen LogP contribution is 2.48. The van der Waals surface area contributed by atoms with Crippen LogP contribution >= 0.6 is 11.6 Å². The van der Waals surface area contributed by atoms with Crippen molar-refractivity contribution >= 4 is 34.9 Å². The predicted molar refractivity (Wildman–Crippen MR) is 168 cm³/mol. The molecule has 2 aliphatic rings. The zero-order chi connectivity index (χ0) is 34.7. The lowest BCUT2D eigenvalue weighted by Crippen LogP contribution is -2.47. The van der Waals surface area contributed by atoms with Gasteiger partial charge in [0.1, 0.15) is 23.6 Å². The number of ether oxygens (including phenoxy) is 1. The minimum Gasteiger partial charge on any atom is -0.505 e. The molecule has 2 amide bonds. The number of likely N-dealkylation sites (tertiary alicyclic amines) is 1. The Kier molecular flexibility index (Phi) is 7.86. The third kappa shape index (κ3) is 5.65. The van der Waals surface area contributed by atoms with E-state index < -0.39 is 47.4 Å². The van der Waals surface area contributed by atoms with Gasteiger partial charge >= 0.3 is 6.18 Å². The van der Waals surface area contributed by atoms with Crippen molar-refractivity contribution in [3.63, 3.8) is 0 Å². The van der Waals surface area contributed by atoms with E-state index in [0.29, 0.717) is 11.4 Å². The number of fused-ring (bicyclic) bond motifs is 3. The first-order valence-corrected chi connectivity index (χ1v) is 15.5. The number of pyridine rings is 2. The Morgan fingerprint density at radius 1 is 1.10 bits per heavy atom. The van der Waals surface area contributed by atoms with Crippen LogP contribution in [0.1, 0.15) is 53.2 Å². The molecule has 49 heavy (non-hydrogen) atoms. The maximum absolute atomic E-state index is 14.3. The molecule has 0 aliphatic carbocycles. The molecule has 0 saturated carbocycles. The fraction of sp³-hybridized carbons (Fsp3) is 0.281. The van der Waals surface area contributed by atoms with Gasteiger partial charge in [0, 0.05) is 25.5 Å². The molecule has 0 radical (unpaired) electrons. The summed E-state index contributed by atoms with van der Waals surface area (Å²) in [6, 6.07) is 10.6. The molecule has 2 N–H and O–H groups in total. The standard InChI is InChI=1S/C32H26ClF3N8O5/c1-17-26-24(31(49-17)9-13-42(14-10-31)29(48)25-22(45)6-4-12-38-25)28(47)44-30(40-27(41-44)21-5-2-3-11-37-21)43(26)16-23(46)39-20-8-7-18(15-19(20)33)32(34,35)36/h2-8,11-12,15,17,45H,9-10,13-14,16H2,1H3,(H,39,46)/t17-/m1/s1. The van der Waals surface area contributed by atoms with Gasteiger partial charge in [0.15, 0.2) is 5.69 Å². The summed E-state index contributed by atoms with van der Waals surface area (Å²) >= 11 is 6.10. The van der Waals surface area contributed by atoms with Crippen LogP contribution in [0.25, 0.3) is 17.3 Å². The number of benzene rings is 1. The zero-order valence-electron chi connectivity index (χ0n) is 25.6. The second-order valence-electron chi connectivity index (χ2n) is 11.7. The molecule has 2 aliphatic heterocycles. The lowest BCUT2D eigenvalue weighted by molar-refractivity contribution is -0.137. The number of carbonyl (C=O) groups is 2. The molecule has 6 heterocycles. The normalized spacial score (nSPS) is 17.0. The summed E-state index contributed by atoms with van der Waals surface area (Å²) in [5.41, 5.74) is -1.79. The fourth-order valence-electron chi connectivity index (χ4n) is 6.41. The van der Waals surface area contributed by atoms with E-state index in [1.165, 1.54) is 27.8 Å². The van der Waals surface area contributed by atoms with Crippen LogP contribution < -0.4 is 10.9 Å². The summed E-state index contributed by atoms with van der Waals surface area (Å²) in [6.45, 7) is 1.63. The summed E-state index contributed by atoms with van der Waals surface area (Å²) in [4.78, 5) is 55.3. The van der Waals surface area contributed by atoms with Gasteiger partial charge in [-0.2, -0.15) is 22.7 Å². The number of piperidine rings is 1. The van der Waals surface area contributed by atoms with Crippen molar-refractivity contribution < 1.29 is 32.6 Å². The first-order valence-electron chi connectivity index (χ1n) is 15.1. The van der Waals surface area contributed by atoms with Crippen LogP contribution in [0.15, 0.2) is 65.7 Å². The van der Waals surface area contributed by atoms with Gasteiger partial charge in [-0.25, -0.2) is 4.98 Å². The average molecular weight is 695 g/mol. The van der Waals surface area contributed by atoms with E-state index in [1.807, 2.05) is 0 Å². The molecule has 13 nitrogen and oxygen atoms in total. The van der Waals surface area contributed by atoms with Crippen LogP contribution in [0.3, 0.4) is 0 Å². The lowest BCUT2D eigenvalue weighted by Gasteiger charge is -2.39. The number of hydrogen-bond acceptors (Lipinski definition) is 9. The largest absolute Gasteiger partial charge is 0.505 e. The van der Waals surface area contributed by atoms with Crippen LogP contribution in [0.2, 0.25) is 5.02 Å². The van der Waals surface area contributed by atoms with Gasteiger partial charge in [-0.05, 0) is 62.2 Å². The monoisotopic (exact) mass is 694 g/mol. The number of anilines is 1. The number of hydrogen-bond donors (Lipinski definition) is 2. The smallest absolute Gasteiger partial charge is 0.416 e. The quantitative estimate of drug-likeness (QED) is 0.269. The first kappa shape index (κ1) is 32.2. The van der Waals surface area contributed by atoms with Gasteiger partial charge in [0.05, 0.1) is 33.6 Å². The fourth-order valence-corrected chi connectivity index (χ4v) is 6.64. The summed E-state index contributed by atoms with van der Waals surface area (Å²) in [7, 11) is 0. The van der Waals surface area contributed by atoms with E-state index >= 15 is 0 Å². The molecule has 1 atom stereocenters. The Bertz CT molecular complexity index is 2180. The Balaban J connectivity index is 1.27. The lowest BCUT2D eigenvalue weighted by atomic mass is 9.85. The number of halogens is 4. The van der Waals surface area contributed by atoms with Gasteiger partial charge in [0.2, 0.25) is 17.5 Å². The Morgan fingerprint density at radius 2 is 1.86 bits per heavy atom. The minimum absolute atomic E-state index is 0.0174. The molecule has 0 bridgehead atoms. The number of nitrogens with zero attached hydrogens (tertiary/aromatic N) is 7. The third-order valence-corrected chi connectivity index (χ3v) is 8.95. The molecule has 252 valence electrons. The van der Waals surface area contributed by atoms with Crippen molar-refractivity contribution in [1.82, 2.24) is 34.0 Å². The van der Waals surface area contributed by atoms with Crippen LogP contribution in [-0.2, 0) is 27.9 Å². The molecule has 5 aromatic rings.